The Morgan fingerprint density at radius 1 is 1.25 bits per heavy atom. The lowest BCUT2D eigenvalue weighted by Gasteiger charge is -2.36. The molecule has 3 atom stereocenters. The number of carbonyl (C=O) groups excluding carboxylic acids is 1. The lowest BCUT2D eigenvalue weighted by Crippen LogP contribution is -2.39. The van der Waals surface area contributed by atoms with Gasteiger partial charge in [-0.2, -0.15) is 0 Å². The minimum atomic E-state index is -0.216. The second-order valence-electron chi connectivity index (χ2n) is 6.76. The first-order chi connectivity index (χ1) is 9.54. The minimum absolute atomic E-state index is 0.106. The maximum Gasteiger partial charge on any atom is 0.407 e. The molecule has 0 aromatic heterocycles. The number of rotatable bonds is 7. The standard InChI is InChI=1S/C17H33NO2/c1-5-6-7-8-11-18-17(19)20-16-12-14(4)9-10-15(16)13(2)3/h13-16H,5-12H2,1-4H3,(H,18,19)/t14?,15-,16+/m0/s1. The number of alkyl carbamates (subject to hydrolysis) is 1. The highest BCUT2D eigenvalue weighted by molar-refractivity contribution is 5.67. The second-order valence-corrected chi connectivity index (χ2v) is 6.76. The number of nitrogens with one attached hydrogen (secondary N) is 1. The third-order valence-electron chi connectivity index (χ3n) is 4.52. The van der Waals surface area contributed by atoms with E-state index in [1.54, 1.807) is 0 Å². The highest BCUT2D eigenvalue weighted by atomic mass is 16.6. The lowest BCUT2D eigenvalue weighted by molar-refractivity contribution is 0.00623. The molecule has 0 radical (unpaired) electrons. The van der Waals surface area contributed by atoms with Gasteiger partial charge in [-0.25, -0.2) is 4.79 Å². The molecule has 1 saturated carbocycles. The van der Waals surface area contributed by atoms with E-state index in [1.165, 1.54) is 32.1 Å². The van der Waals surface area contributed by atoms with Gasteiger partial charge in [-0.15, -0.1) is 0 Å². The molecule has 1 aliphatic carbocycles. The Morgan fingerprint density at radius 2 is 2.00 bits per heavy atom. The molecular formula is C17H33NO2. The summed E-state index contributed by atoms with van der Waals surface area (Å²) in [7, 11) is 0. The normalized spacial score (nSPS) is 26.6. The van der Waals surface area contributed by atoms with E-state index in [4.69, 9.17) is 4.74 Å². The first kappa shape index (κ1) is 17.3. The van der Waals surface area contributed by atoms with Crippen molar-refractivity contribution in [2.75, 3.05) is 6.54 Å². The molecule has 3 heteroatoms. The zero-order valence-corrected chi connectivity index (χ0v) is 13.8. The van der Waals surface area contributed by atoms with Crippen molar-refractivity contribution in [2.45, 2.75) is 78.7 Å². The maximum atomic E-state index is 11.9. The van der Waals surface area contributed by atoms with Crippen LogP contribution >= 0.6 is 0 Å². The van der Waals surface area contributed by atoms with Gasteiger partial charge in [0.2, 0.25) is 0 Å². The quantitative estimate of drug-likeness (QED) is 0.684. The molecule has 0 spiro atoms. The lowest BCUT2D eigenvalue weighted by atomic mass is 9.75. The average molecular weight is 283 g/mol. The van der Waals surface area contributed by atoms with Gasteiger partial charge in [0.05, 0.1) is 0 Å². The van der Waals surface area contributed by atoms with E-state index in [0.717, 1.165) is 19.4 Å². The fourth-order valence-electron chi connectivity index (χ4n) is 3.17. The fourth-order valence-corrected chi connectivity index (χ4v) is 3.17. The second kappa shape index (κ2) is 9.25. The van der Waals surface area contributed by atoms with Crippen molar-refractivity contribution in [3.63, 3.8) is 0 Å². The van der Waals surface area contributed by atoms with Gasteiger partial charge < -0.3 is 10.1 Å². The topological polar surface area (TPSA) is 38.3 Å². The highest BCUT2D eigenvalue weighted by Crippen LogP contribution is 2.35. The number of hydrogen-bond acceptors (Lipinski definition) is 2. The summed E-state index contributed by atoms with van der Waals surface area (Å²) in [5.74, 6) is 1.79. The van der Waals surface area contributed by atoms with Crippen LogP contribution in [0.3, 0.4) is 0 Å². The molecule has 3 nitrogen and oxygen atoms in total. The Hall–Kier alpha value is -0.730. The Balaban J connectivity index is 2.30. The predicted molar refractivity (Wildman–Crippen MR) is 83.8 cm³/mol. The van der Waals surface area contributed by atoms with Crippen molar-refractivity contribution >= 4 is 6.09 Å². The molecule has 1 amide bonds. The molecule has 0 bridgehead atoms. The first-order valence-corrected chi connectivity index (χ1v) is 8.49. The van der Waals surface area contributed by atoms with Gasteiger partial charge in [-0.3, -0.25) is 0 Å². The van der Waals surface area contributed by atoms with E-state index in [9.17, 15) is 4.79 Å². The third-order valence-corrected chi connectivity index (χ3v) is 4.52. The Bertz CT molecular complexity index is 278. The summed E-state index contributed by atoms with van der Waals surface area (Å²) in [6, 6.07) is 0. The third kappa shape index (κ3) is 6.15. The summed E-state index contributed by atoms with van der Waals surface area (Å²) in [4.78, 5) is 11.9. The van der Waals surface area contributed by atoms with Crippen LogP contribution in [0.4, 0.5) is 4.79 Å². The van der Waals surface area contributed by atoms with Crippen molar-refractivity contribution in [3.05, 3.63) is 0 Å². The van der Waals surface area contributed by atoms with Crippen molar-refractivity contribution in [1.29, 1.82) is 0 Å². The Kier molecular flexibility index (Phi) is 8.01. The SMILES string of the molecule is CCCCCCNC(=O)O[C@@H]1CC(C)CC[C@H]1C(C)C. The van der Waals surface area contributed by atoms with Crippen LogP contribution in [-0.2, 0) is 4.74 Å². The molecule has 0 aliphatic heterocycles. The molecule has 1 unspecified atom stereocenters. The van der Waals surface area contributed by atoms with E-state index in [-0.39, 0.29) is 12.2 Å². The van der Waals surface area contributed by atoms with Crippen LogP contribution in [-0.4, -0.2) is 18.7 Å². The van der Waals surface area contributed by atoms with E-state index >= 15 is 0 Å². The fraction of sp³-hybridized carbons (Fsp3) is 0.941. The summed E-state index contributed by atoms with van der Waals surface area (Å²) >= 11 is 0. The van der Waals surface area contributed by atoms with Crippen molar-refractivity contribution < 1.29 is 9.53 Å². The van der Waals surface area contributed by atoms with E-state index < -0.39 is 0 Å². The minimum Gasteiger partial charge on any atom is -0.446 e. The van der Waals surface area contributed by atoms with Crippen molar-refractivity contribution in [2.24, 2.45) is 17.8 Å². The first-order valence-electron chi connectivity index (χ1n) is 8.49. The maximum absolute atomic E-state index is 11.9. The van der Waals surface area contributed by atoms with Gasteiger partial charge in [-0.05, 0) is 37.0 Å². The average Bonchev–Trinajstić information content (AvgIpc) is 2.38. The van der Waals surface area contributed by atoms with Crippen molar-refractivity contribution in [1.82, 2.24) is 5.32 Å². The van der Waals surface area contributed by atoms with Crippen LogP contribution in [0, 0.1) is 17.8 Å². The molecule has 118 valence electrons. The molecule has 1 rings (SSSR count). The van der Waals surface area contributed by atoms with Crippen LogP contribution in [0.25, 0.3) is 0 Å². The smallest absolute Gasteiger partial charge is 0.407 e. The van der Waals surface area contributed by atoms with Gasteiger partial charge >= 0.3 is 6.09 Å². The van der Waals surface area contributed by atoms with Crippen LogP contribution in [0.1, 0.15) is 72.6 Å². The summed E-state index contributed by atoms with van der Waals surface area (Å²) in [6.45, 7) is 9.67. The van der Waals surface area contributed by atoms with E-state index in [1.807, 2.05) is 0 Å². The van der Waals surface area contributed by atoms with Gasteiger partial charge in [0.15, 0.2) is 0 Å². The van der Waals surface area contributed by atoms with Gasteiger partial charge in [0.25, 0.3) is 0 Å². The molecule has 0 saturated heterocycles. The van der Waals surface area contributed by atoms with Crippen LogP contribution in [0.2, 0.25) is 0 Å². The molecule has 1 fully saturated rings. The molecule has 1 aliphatic rings. The van der Waals surface area contributed by atoms with Crippen LogP contribution in [0.5, 0.6) is 0 Å². The Morgan fingerprint density at radius 3 is 2.65 bits per heavy atom. The molecule has 1 N–H and O–H groups in total. The highest BCUT2D eigenvalue weighted by Gasteiger charge is 2.33. The molecule has 20 heavy (non-hydrogen) atoms. The summed E-state index contributed by atoms with van der Waals surface area (Å²) in [5.41, 5.74) is 0. The van der Waals surface area contributed by atoms with E-state index in [2.05, 4.69) is 33.0 Å². The van der Waals surface area contributed by atoms with E-state index in [0.29, 0.717) is 17.8 Å². The number of carbonyl (C=O) groups is 1. The number of ether oxygens (including phenoxy) is 1. The predicted octanol–water partition coefficient (Wildman–Crippen LogP) is 4.75. The summed E-state index contributed by atoms with van der Waals surface area (Å²) in [6.07, 6.45) is 8.07. The molecule has 0 aromatic carbocycles. The molecule has 0 aromatic rings. The zero-order valence-electron chi connectivity index (χ0n) is 13.8. The number of unbranched alkanes of at least 4 members (excludes halogenated alkanes) is 3. The monoisotopic (exact) mass is 283 g/mol. The van der Waals surface area contributed by atoms with Crippen LogP contribution in [0.15, 0.2) is 0 Å². The van der Waals surface area contributed by atoms with Crippen molar-refractivity contribution in [3.8, 4) is 0 Å². The molecule has 0 heterocycles. The van der Waals surface area contributed by atoms with Gasteiger partial charge in [0, 0.05) is 6.54 Å². The number of hydrogen-bond donors (Lipinski definition) is 1. The summed E-state index contributed by atoms with van der Waals surface area (Å²) < 4.78 is 5.69. The van der Waals surface area contributed by atoms with Gasteiger partial charge in [-0.1, -0.05) is 53.4 Å². The number of amides is 1. The largest absolute Gasteiger partial charge is 0.446 e. The molecular weight excluding hydrogens is 250 g/mol. The summed E-state index contributed by atoms with van der Waals surface area (Å²) in [5, 5.41) is 2.90. The van der Waals surface area contributed by atoms with Gasteiger partial charge in [0.1, 0.15) is 6.10 Å². The zero-order chi connectivity index (χ0) is 15.0. The van der Waals surface area contributed by atoms with Crippen LogP contribution < -0.4 is 5.32 Å². The Labute approximate surface area is 124 Å².